The van der Waals surface area contributed by atoms with Crippen molar-refractivity contribution in [1.29, 1.82) is 0 Å². The van der Waals surface area contributed by atoms with E-state index >= 15 is 0 Å². The first-order valence-electron chi connectivity index (χ1n) is 6.30. The molecule has 1 aliphatic carbocycles. The molecule has 0 spiro atoms. The third kappa shape index (κ3) is 3.43. The van der Waals surface area contributed by atoms with Crippen molar-refractivity contribution in [2.24, 2.45) is 5.41 Å². The summed E-state index contributed by atoms with van der Waals surface area (Å²) in [7, 11) is 0. The van der Waals surface area contributed by atoms with Gasteiger partial charge >= 0.3 is 0 Å². The number of benzene rings is 1. The van der Waals surface area contributed by atoms with Crippen LogP contribution in [0.15, 0.2) is 18.2 Å². The molecule has 0 unspecified atom stereocenters. The van der Waals surface area contributed by atoms with E-state index in [0.29, 0.717) is 5.02 Å². The maximum absolute atomic E-state index is 13.6. The highest BCUT2D eigenvalue weighted by Crippen LogP contribution is 2.48. The molecule has 1 saturated carbocycles. The summed E-state index contributed by atoms with van der Waals surface area (Å²) in [5, 5.41) is 4.06. The van der Waals surface area contributed by atoms with Gasteiger partial charge < -0.3 is 5.32 Å². The normalized spacial score (nSPS) is 17.1. The van der Waals surface area contributed by atoms with E-state index in [1.54, 1.807) is 12.1 Å². The molecule has 0 aromatic heterocycles. The number of hydrogen-bond acceptors (Lipinski definition) is 1. The van der Waals surface area contributed by atoms with Crippen molar-refractivity contribution in [3.8, 4) is 0 Å². The van der Waals surface area contributed by atoms with Crippen LogP contribution < -0.4 is 5.32 Å². The van der Waals surface area contributed by atoms with E-state index in [0.717, 1.165) is 31.5 Å². The summed E-state index contributed by atoms with van der Waals surface area (Å²) < 4.78 is 13.6. The Hall–Kier alpha value is -0.600. The summed E-state index contributed by atoms with van der Waals surface area (Å²) in [6, 6.07) is 4.83. The molecule has 3 heteroatoms. The zero-order valence-corrected chi connectivity index (χ0v) is 11.0. The SMILES string of the molecule is CCCNCC1(Cc2cc(Cl)ccc2F)CC1. The molecule has 2 rings (SSSR count). The maximum Gasteiger partial charge on any atom is 0.126 e. The molecule has 1 aliphatic rings. The summed E-state index contributed by atoms with van der Waals surface area (Å²) in [4.78, 5) is 0. The lowest BCUT2D eigenvalue weighted by Crippen LogP contribution is -2.26. The Bertz CT molecular complexity index is 388. The van der Waals surface area contributed by atoms with Crippen molar-refractivity contribution in [1.82, 2.24) is 5.32 Å². The molecule has 1 aromatic carbocycles. The third-order valence-corrected chi connectivity index (χ3v) is 3.69. The van der Waals surface area contributed by atoms with Crippen LogP contribution >= 0.6 is 11.6 Å². The Labute approximate surface area is 107 Å². The highest BCUT2D eigenvalue weighted by Gasteiger charge is 2.42. The summed E-state index contributed by atoms with van der Waals surface area (Å²) in [5.74, 6) is -0.129. The molecule has 0 radical (unpaired) electrons. The second-order valence-corrected chi connectivity index (χ2v) is 5.53. The van der Waals surface area contributed by atoms with Gasteiger partial charge in [0.05, 0.1) is 0 Å². The fraction of sp³-hybridized carbons (Fsp3) is 0.571. The second kappa shape index (κ2) is 5.36. The summed E-state index contributed by atoms with van der Waals surface area (Å²) in [6.45, 7) is 4.19. The molecule has 0 aliphatic heterocycles. The fourth-order valence-corrected chi connectivity index (χ4v) is 2.40. The van der Waals surface area contributed by atoms with Crippen LogP contribution in [0.4, 0.5) is 4.39 Å². The van der Waals surface area contributed by atoms with E-state index in [9.17, 15) is 4.39 Å². The minimum absolute atomic E-state index is 0.129. The molecule has 1 nitrogen and oxygen atoms in total. The predicted octanol–water partition coefficient (Wildman–Crippen LogP) is 3.80. The van der Waals surface area contributed by atoms with E-state index in [4.69, 9.17) is 11.6 Å². The highest BCUT2D eigenvalue weighted by atomic mass is 35.5. The van der Waals surface area contributed by atoms with Crippen molar-refractivity contribution in [3.63, 3.8) is 0 Å². The largest absolute Gasteiger partial charge is 0.316 e. The van der Waals surface area contributed by atoms with Crippen LogP contribution in [-0.2, 0) is 6.42 Å². The molecule has 1 N–H and O–H groups in total. The molecule has 0 bridgehead atoms. The lowest BCUT2D eigenvalue weighted by Gasteiger charge is -2.16. The topological polar surface area (TPSA) is 12.0 Å². The molecule has 0 heterocycles. The molecular weight excluding hydrogens is 237 g/mol. The zero-order valence-electron chi connectivity index (χ0n) is 10.2. The Morgan fingerprint density at radius 3 is 2.82 bits per heavy atom. The average molecular weight is 256 g/mol. The summed E-state index contributed by atoms with van der Waals surface area (Å²) in [5.41, 5.74) is 1.04. The summed E-state index contributed by atoms with van der Waals surface area (Å²) >= 11 is 5.91. The van der Waals surface area contributed by atoms with Crippen LogP contribution in [0, 0.1) is 11.2 Å². The number of nitrogens with one attached hydrogen (secondary N) is 1. The highest BCUT2D eigenvalue weighted by molar-refractivity contribution is 6.30. The van der Waals surface area contributed by atoms with Crippen molar-refractivity contribution in [3.05, 3.63) is 34.6 Å². The Morgan fingerprint density at radius 2 is 2.18 bits per heavy atom. The van der Waals surface area contributed by atoms with Crippen molar-refractivity contribution in [2.45, 2.75) is 32.6 Å². The van der Waals surface area contributed by atoms with Crippen molar-refractivity contribution < 1.29 is 4.39 Å². The van der Waals surface area contributed by atoms with Gasteiger partial charge in [0, 0.05) is 11.6 Å². The van der Waals surface area contributed by atoms with E-state index in [2.05, 4.69) is 12.2 Å². The van der Waals surface area contributed by atoms with E-state index in [1.807, 2.05) is 0 Å². The molecule has 1 aromatic rings. The standard InChI is InChI=1S/C14H19ClFN/c1-2-7-17-10-14(5-6-14)9-11-8-12(15)3-4-13(11)16/h3-4,8,17H,2,5-7,9-10H2,1H3. The number of halogens is 2. The van der Waals surface area contributed by atoms with Crippen molar-refractivity contribution >= 4 is 11.6 Å². The lowest BCUT2D eigenvalue weighted by molar-refractivity contribution is 0.446. The number of rotatable bonds is 6. The van der Waals surface area contributed by atoms with Gasteiger partial charge in [-0.15, -0.1) is 0 Å². The van der Waals surface area contributed by atoms with E-state index in [-0.39, 0.29) is 11.2 Å². The molecule has 0 amide bonds. The van der Waals surface area contributed by atoms with Gasteiger partial charge in [0.25, 0.3) is 0 Å². The first-order chi connectivity index (χ1) is 8.15. The smallest absolute Gasteiger partial charge is 0.126 e. The van der Waals surface area contributed by atoms with Crippen LogP contribution in [-0.4, -0.2) is 13.1 Å². The molecule has 1 fully saturated rings. The van der Waals surface area contributed by atoms with Gasteiger partial charge in [-0.25, -0.2) is 4.39 Å². The second-order valence-electron chi connectivity index (χ2n) is 5.09. The van der Waals surface area contributed by atoms with Crippen LogP contribution in [0.25, 0.3) is 0 Å². The van der Waals surface area contributed by atoms with Crippen LogP contribution in [0.1, 0.15) is 31.7 Å². The van der Waals surface area contributed by atoms with Gasteiger partial charge in [0.2, 0.25) is 0 Å². The van der Waals surface area contributed by atoms with Crippen molar-refractivity contribution in [2.75, 3.05) is 13.1 Å². The zero-order chi connectivity index (χ0) is 12.3. The summed E-state index contributed by atoms with van der Waals surface area (Å²) in [6.07, 6.45) is 4.32. The predicted molar refractivity (Wildman–Crippen MR) is 69.9 cm³/mol. The first kappa shape index (κ1) is 12.8. The van der Waals surface area contributed by atoms with Gasteiger partial charge in [-0.05, 0) is 61.4 Å². The first-order valence-corrected chi connectivity index (χ1v) is 6.68. The van der Waals surface area contributed by atoms with Gasteiger partial charge in [-0.1, -0.05) is 18.5 Å². The third-order valence-electron chi connectivity index (χ3n) is 3.46. The minimum Gasteiger partial charge on any atom is -0.316 e. The molecule has 0 atom stereocenters. The Kier molecular flexibility index (Phi) is 4.05. The van der Waals surface area contributed by atoms with Gasteiger partial charge in [-0.2, -0.15) is 0 Å². The Balaban J connectivity index is 1.97. The molecule has 94 valence electrons. The average Bonchev–Trinajstić information content (AvgIpc) is 3.04. The van der Waals surface area contributed by atoms with Crippen LogP contribution in [0.5, 0.6) is 0 Å². The van der Waals surface area contributed by atoms with Crippen LogP contribution in [0.3, 0.4) is 0 Å². The minimum atomic E-state index is -0.129. The maximum atomic E-state index is 13.6. The molecule has 17 heavy (non-hydrogen) atoms. The van der Waals surface area contributed by atoms with Gasteiger partial charge in [0.1, 0.15) is 5.82 Å². The fourth-order valence-electron chi connectivity index (χ4n) is 2.21. The van der Waals surface area contributed by atoms with Gasteiger partial charge in [-0.3, -0.25) is 0 Å². The van der Waals surface area contributed by atoms with E-state index in [1.165, 1.54) is 18.9 Å². The van der Waals surface area contributed by atoms with Crippen LogP contribution in [0.2, 0.25) is 5.02 Å². The monoisotopic (exact) mass is 255 g/mol. The molecular formula is C14H19ClFN. The number of hydrogen-bond donors (Lipinski definition) is 1. The molecule has 0 saturated heterocycles. The quantitative estimate of drug-likeness (QED) is 0.763. The Morgan fingerprint density at radius 1 is 1.41 bits per heavy atom. The van der Waals surface area contributed by atoms with E-state index < -0.39 is 0 Å². The lowest BCUT2D eigenvalue weighted by atomic mass is 9.96. The van der Waals surface area contributed by atoms with Gasteiger partial charge in [0.15, 0.2) is 0 Å².